The van der Waals surface area contributed by atoms with Crippen molar-refractivity contribution in [1.29, 1.82) is 0 Å². The van der Waals surface area contributed by atoms with Crippen LogP contribution >= 0.6 is 0 Å². The molecule has 1 saturated carbocycles. The van der Waals surface area contributed by atoms with Gasteiger partial charge in [0.15, 0.2) is 5.76 Å². The molecule has 6 nitrogen and oxygen atoms in total. The van der Waals surface area contributed by atoms with Gasteiger partial charge in [-0.3, -0.25) is 14.5 Å². The molecule has 138 valence electrons. The van der Waals surface area contributed by atoms with Gasteiger partial charge in [0.1, 0.15) is 0 Å². The van der Waals surface area contributed by atoms with E-state index in [0.717, 1.165) is 19.5 Å². The molecule has 0 aromatic carbocycles. The number of hydrogen-bond donors (Lipinski definition) is 1. The second-order valence-corrected chi connectivity index (χ2v) is 7.49. The third-order valence-corrected chi connectivity index (χ3v) is 5.81. The van der Waals surface area contributed by atoms with Crippen LogP contribution in [0, 0.1) is 11.8 Å². The molecule has 1 aromatic rings. The van der Waals surface area contributed by atoms with Crippen LogP contribution in [0.4, 0.5) is 0 Å². The Bertz CT molecular complexity index is 579. The molecule has 2 fully saturated rings. The summed E-state index contributed by atoms with van der Waals surface area (Å²) in [6.07, 6.45) is 5.06. The zero-order valence-electron chi connectivity index (χ0n) is 15.2. The van der Waals surface area contributed by atoms with Crippen molar-refractivity contribution in [2.45, 2.75) is 39.2 Å². The molecule has 1 N–H and O–H groups in total. The van der Waals surface area contributed by atoms with Crippen molar-refractivity contribution in [1.82, 2.24) is 15.1 Å². The Balaban J connectivity index is 1.42. The molecule has 25 heavy (non-hydrogen) atoms. The summed E-state index contributed by atoms with van der Waals surface area (Å²) in [4.78, 5) is 28.6. The largest absolute Gasteiger partial charge is 0.459 e. The highest BCUT2D eigenvalue weighted by atomic mass is 16.3. The molecule has 2 heterocycles. The van der Waals surface area contributed by atoms with Gasteiger partial charge in [-0.05, 0) is 30.4 Å². The lowest BCUT2D eigenvalue weighted by atomic mass is 9.78. The predicted molar refractivity (Wildman–Crippen MR) is 95.2 cm³/mol. The zero-order valence-corrected chi connectivity index (χ0v) is 15.2. The second kappa shape index (κ2) is 8.04. The van der Waals surface area contributed by atoms with E-state index in [4.69, 9.17) is 4.42 Å². The number of hydrogen-bond acceptors (Lipinski definition) is 4. The summed E-state index contributed by atoms with van der Waals surface area (Å²) in [7, 11) is 0. The summed E-state index contributed by atoms with van der Waals surface area (Å²) in [5.41, 5.74) is 0. The molecule has 1 saturated heterocycles. The molecule has 2 aliphatic rings. The van der Waals surface area contributed by atoms with Crippen LogP contribution < -0.4 is 5.32 Å². The van der Waals surface area contributed by atoms with Crippen molar-refractivity contribution >= 4 is 11.8 Å². The summed E-state index contributed by atoms with van der Waals surface area (Å²) in [5, 5.41) is 3.23. The lowest BCUT2D eigenvalue weighted by Gasteiger charge is -2.36. The molecule has 0 radical (unpaired) electrons. The van der Waals surface area contributed by atoms with E-state index in [1.807, 2.05) is 0 Å². The average molecular weight is 347 g/mol. The Morgan fingerprint density at radius 3 is 2.64 bits per heavy atom. The molecule has 1 aromatic heterocycles. The van der Waals surface area contributed by atoms with E-state index in [-0.39, 0.29) is 11.8 Å². The number of nitrogens with one attached hydrogen (secondary N) is 1. The van der Waals surface area contributed by atoms with E-state index >= 15 is 0 Å². The van der Waals surface area contributed by atoms with Gasteiger partial charge in [0, 0.05) is 32.2 Å². The van der Waals surface area contributed by atoms with Crippen LogP contribution in [0.2, 0.25) is 0 Å². The van der Waals surface area contributed by atoms with E-state index < -0.39 is 0 Å². The molecule has 2 amide bonds. The van der Waals surface area contributed by atoms with Gasteiger partial charge >= 0.3 is 0 Å². The van der Waals surface area contributed by atoms with Gasteiger partial charge in [-0.1, -0.05) is 26.7 Å². The Morgan fingerprint density at radius 1 is 1.20 bits per heavy atom. The van der Waals surface area contributed by atoms with Gasteiger partial charge in [-0.15, -0.1) is 0 Å². The van der Waals surface area contributed by atoms with E-state index in [1.165, 1.54) is 19.1 Å². The van der Waals surface area contributed by atoms with E-state index in [0.29, 0.717) is 43.3 Å². The molecular weight excluding hydrogens is 318 g/mol. The van der Waals surface area contributed by atoms with Crippen molar-refractivity contribution in [3.05, 3.63) is 24.2 Å². The summed E-state index contributed by atoms with van der Waals surface area (Å²) >= 11 is 0. The number of carbonyl (C=O) groups excluding carboxylic acids is 2. The molecule has 0 spiro atoms. The summed E-state index contributed by atoms with van der Waals surface area (Å²) in [5.74, 6) is 1.64. The fourth-order valence-corrected chi connectivity index (χ4v) is 3.91. The van der Waals surface area contributed by atoms with Crippen LogP contribution in [-0.2, 0) is 4.79 Å². The van der Waals surface area contributed by atoms with Gasteiger partial charge in [0.25, 0.3) is 5.91 Å². The summed E-state index contributed by atoms with van der Waals surface area (Å²) < 4.78 is 5.17. The van der Waals surface area contributed by atoms with E-state index in [9.17, 15) is 9.59 Å². The Kier molecular flexibility index (Phi) is 5.78. The van der Waals surface area contributed by atoms with Crippen LogP contribution in [0.3, 0.4) is 0 Å². The average Bonchev–Trinajstić information content (AvgIpc) is 3.13. The maximum Gasteiger partial charge on any atom is 0.289 e. The van der Waals surface area contributed by atoms with Crippen LogP contribution in [0.15, 0.2) is 22.8 Å². The maximum absolute atomic E-state index is 12.4. The topological polar surface area (TPSA) is 65.8 Å². The molecule has 1 aliphatic heterocycles. The molecule has 0 unspecified atom stereocenters. The predicted octanol–water partition coefficient (Wildman–Crippen LogP) is 1.98. The SMILES string of the molecule is C[C@@H]1[C@H](C)CCC[C@H]1NC(=O)CN1CCN(C(=O)c2ccco2)CC1. The third kappa shape index (κ3) is 4.42. The van der Waals surface area contributed by atoms with Crippen LogP contribution in [0.1, 0.15) is 43.7 Å². The minimum absolute atomic E-state index is 0.0703. The monoisotopic (exact) mass is 347 g/mol. The molecule has 1 aliphatic carbocycles. The summed E-state index contributed by atoms with van der Waals surface area (Å²) in [6.45, 7) is 7.63. The van der Waals surface area contributed by atoms with E-state index in [2.05, 4.69) is 24.1 Å². The lowest BCUT2D eigenvalue weighted by Crippen LogP contribution is -2.53. The normalized spacial score (nSPS) is 27.9. The van der Waals surface area contributed by atoms with Crippen molar-refractivity contribution in [3.63, 3.8) is 0 Å². The second-order valence-electron chi connectivity index (χ2n) is 7.49. The first-order valence-corrected chi connectivity index (χ1v) is 9.39. The molecule has 3 rings (SSSR count). The maximum atomic E-state index is 12.4. The Morgan fingerprint density at radius 2 is 1.96 bits per heavy atom. The minimum atomic E-state index is -0.0703. The van der Waals surface area contributed by atoms with Crippen LogP contribution in [0.25, 0.3) is 0 Å². The number of rotatable bonds is 4. The van der Waals surface area contributed by atoms with Crippen LogP contribution in [0.5, 0.6) is 0 Å². The number of piperazine rings is 1. The van der Waals surface area contributed by atoms with Gasteiger partial charge in [0.2, 0.25) is 5.91 Å². The highest BCUT2D eigenvalue weighted by Gasteiger charge is 2.29. The smallest absolute Gasteiger partial charge is 0.289 e. The fourth-order valence-electron chi connectivity index (χ4n) is 3.91. The first kappa shape index (κ1) is 18.0. The first-order valence-electron chi connectivity index (χ1n) is 9.39. The minimum Gasteiger partial charge on any atom is -0.459 e. The van der Waals surface area contributed by atoms with Crippen molar-refractivity contribution in [2.24, 2.45) is 11.8 Å². The lowest BCUT2D eigenvalue weighted by molar-refractivity contribution is -0.124. The fraction of sp³-hybridized carbons (Fsp3) is 0.684. The number of carbonyl (C=O) groups is 2. The zero-order chi connectivity index (χ0) is 17.8. The number of nitrogens with zero attached hydrogens (tertiary/aromatic N) is 2. The Labute approximate surface area is 149 Å². The standard InChI is InChI=1S/C19H29N3O3/c1-14-5-3-6-16(15(14)2)20-18(23)13-21-8-10-22(11-9-21)19(24)17-7-4-12-25-17/h4,7,12,14-16H,3,5-6,8-11,13H2,1-2H3,(H,20,23)/t14-,15-,16-/m1/s1. The van der Waals surface area contributed by atoms with Gasteiger partial charge in [-0.25, -0.2) is 0 Å². The summed E-state index contributed by atoms with van der Waals surface area (Å²) in [6, 6.07) is 3.72. The first-order chi connectivity index (χ1) is 12.0. The van der Waals surface area contributed by atoms with Crippen molar-refractivity contribution < 1.29 is 14.0 Å². The van der Waals surface area contributed by atoms with E-state index in [1.54, 1.807) is 17.0 Å². The third-order valence-electron chi connectivity index (χ3n) is 5.81. The van der Waals surface area contributed by atoms with Gasteiger partial charge in [0.05, 0.1) is 12.8 Å². The van der Waals surface area contributed by atoms with Crippen molar-refractivity contribution in [2.75, 3.05) is 32.7 Å². The Hall–Kier alpha value is -1.82. The molecular formula is C19H29N3O3. The van der Waals surface area contributed by atoms with Gasteiger partial charge < -0.3 is 14.6 Å². The quantitative estimate of drug-likeness (QED) is 0.904. The number of furan rings is 1. The molecule has 0 bridgehead atoms. The molecule has 6 heteroatoms. The van der Waals surface area contributed by atoms with Crippen molar-refractivity contribution in [3.8, 4) is 0 Å². The number of amides is 2. The highest BCUT2D eigenvalue weighted by molar-refractivity contribution is 5.91. The van der Waals surface area contributed by atoms with Gasteiger partial charge in [-0.2, -0.15) is 0 Å². The molecule has 3 atom stereocenters. The highest BCUT2D eigenvalue weighted by Crippen LogP contribution is 2.29. The van der Waals surface area contributed by atoms with Crippen LogP contribution in [-0.4, -0.2) is 60.4 Å².